The van der Waals surface area contributed by atoms with Crippen molar-refractivity contribution in [3.63, 3.8) is 0 Å². The molecule has 0 saturated heterocycles. The number of aliphatic hydroxyl groups excluding tert-OH is 2. The van der Waals surface area contributed by atoms with Crippen LogP contribution < -0.4 is 0 Å². The van der Waals surface area contributed by atoms with Gasteiger partial charge in [-0.15, -0.1) is 0 Å². The third kappa shape index (κ3) is 43.4. The Balaban J connectivity index is 4.75. The average Bonchev–Trinajstić information content (AvgIpc) is 3.23. The third-order valence-electron chi connectivity index (χ3n) is 8.23. The highest BCUT2D eigenvalue weighted by Gasteiger charge is 2.28. The number of unbranched alkanes of at least 4 members (excludes halogenated alkanes) is 5. The fourth-order valence-electron chi connectivity index (χ4n) is 4.93. The molecule has 0 spiro atoms. The molecular formula is C46H74O14P2. The number of carbonyl (C=O) groups is 2. The van der Waals surface area contributed by atoms with E-state index in [4.69, 9.17) is 23.8 Å². The normalized spacial score (nSPS) is 15.5. The molecule has 0 amide bonds. The van der Waals surface area contributed by atoms with Crippen molar-refractivity contribution in [3.05, 3.63) is 109 Å². The van der Waals surface area contributed by atoms with Gasteiger partial charge in [0.2, 0.25) is 0 Å². The second kappa shape index (κ2) is 40.5. The summed E-state index contributed by atoms with van der Waals surface area (Å²) in [5.74, 6) is -1.21. The summed E-state index contributed by atoms with van der Waals surface area (Å²) in [5, 5.41) is 19.6. The van der Waals surface area contributed by atoms with Crippen LogP contribution in [0.5, 0.6) is 0 Å². The second-order valence-electron chi connectivity index (χ2n) is 14.1. The van der Waals surface area contributed by atoms with Crippen molar-refractivity contribution in [1.29, 1.82) is 0 Å². The third-order valence-corrected chi connectivity index (χ3v) is 9.67. The van der Waals surface area contributed by atoms with Crippen LogP contribution in [-0.4, -0.2) is 81.6 Å². The summed E-state index contributed by atoms with van der Waals surface area (Å²) in [6.07, 6.45) is 45.7. The first kappa shape index (κ1) is 58.7. The Hall–Kier alpha value is -3.26. The van der Waals surface area contributed by atoms with E-state index < -0.39 is 72.3 Å². The first-order chi connectivity index (χ1) is 29.8. The molecule has 0 aliphatic rings. The Kier molecular flexibility index (Phi) is 38.4. The van der Waals surface area contributed by atoms with Gasteiger partial charge in [0.25, 0.3) is 0 Å². The number of rotatable bonds is 39. The standard InChI is InChI=1S/C46H74O14P2/c1-3-5-7-8-9-10-11-12-13-16-20-23-26-29-33-37-46(50)60-44(41-59-62(54,55)58-39-43(48)38-57-61(51,52)53)40-56-45(49)36-32-28-25-22-19-17-14-15-18-21-24-27-31-35-42(47)34-30-6-4-2/h6,9-10,12-13,15,17-20,23-25,27-28,30-31,35,42-44,47-48H,3-5,7-8,11,14,16,21-22,26,29,32-34,36-41H2,1-2H3,(H,54,55)(H2,51,52,53)/b10-9-,13-12-,18-15-,19-17-,23-20-,27-24+,28-25-,30-6-,35-31+/t42?,43-,44+/m0/s1. The molecule has 0 bridgehead atoms. The van der Waals surface area contributed by atoms with Gasteiger partial charge in [-0.2, -0.15) is 0 Å². The Morgan fingerprint density at radius 3 is 1.66 bits per heavy atom. The Morgan fingerprint density at radius 1 is 0.548 bits per heavy atom. The fourth-order valence-corrected chi connectivity index (χ4v) is 6.09. The van der Waals surface area contributed by atoms with Gasteiger partial charge in [0.15, 0.2) is 6.10 Å². The molecule has 352 valence electrons. The minimum absolute atomic E-state index is 0.0394. The SMILES string of the molecule is CC/C=C\CC(O)/C=C/C=C/C/C=C\C/C=C\C/C=C\CCC(=O)OC[C@H](COP(=O)(O)OC[C@@H](O)COP(=O)(O)O)OC(=O)CCCC/C=C\C/C=C\C/C=C\CCCCC. The molecule has 14 nitrogen and oxygen atoms in total. The van der Waals surface area contributed by atoms with E-state index in [2.05, 4.69) is 71.5 Å². The molecule has 0 heterocycles. The van der Waals surface area contributed by atoms with Crippen molar-refractivity contribution in [1.82, 2.24) is 0 Å². The minimum atomic E-state index is -4.88. The van der Waals surface area contributed by atoms with E-state index >= 15 is 0 Å². The molecule has 0 aliphatic heterocycles. The zero-order valence-corrected chi connectivity index (χ0v) is 38.6. The largest absolute Gasteiger partial charge is 0.472 e. The highest BCUT2D eigenvalue weighted by molar-refractivity contribution is 7.47. The van der Waals surface area contributed by atoms with Crippen LogP contribution >= 0.6 is 15.6 Å². The molecule has 4 atom stereocenters. The molecular weight excluding hydrogens is 838 g/mol. The molecule has 16 heteroatoms. The molecule has 0 radical (unpaired) electrons. The lowest BCUT2D eigenvalue weighted by Gasteiger charge is -2.20. The maximum absolute atomic E-state index is 12.6. The molecule has 0 saturated carbocycles. The molecule has 62 heavy (non-hydrogen) atoms. The molecule has 0 aromatic heterocycles. The van der Waals surface area contributed by atoms with Crippen molar-refractivity contribution in [2.75, 3.05) is 26.4 Å². The molecule has 2 unspecified atom stereocenters. The van der Waals surface area contributed by atoms with Crippen LogP contribution in [0, 0.1) is 0 Å². The number of ether oxygens (including phenoxy) is 2. The number of hydrogen-bond acceptors (Lipinski definition) is 11. The van der Waals surface area contributed by atoms with Crippen molar-refractivity contribution in [3.8, 4) is 0 Å². The van der Waals surface area contributed by atoms with Crippen LogP contribution in [0.25, 0.3) is 0 Å². The zero-order chi connectivity index (χ0) is 46.0. The number of esters is 2. The summed E-state index contributed by atoms with van der Waals surface area (Å²) in [4.78, 5) is 52.6. The molecule has 0 aromatic rings. The molecule has 5 N–H and O–H groups in total. The topological polar surface area (TPSA) is 216 Å². The Bertz CT molecular complexity index is 1520. The minimum Gasteiger partial charge on any atom is -0.462 e. The van der Waals surface area contributed by atoms with Gasteiger partial charge < -0.3 is 34.4 Å². The van der Waals surface area contributed by atoms with Gasteiger partial charge in [-0.25, -0.2) is 9.13 Å². The van der Waals surface area contributed by atoms with Gasteiger partial charge in [0, 0.05) is 12.8 Å². The van der Waals surface area contributed by atoms with Gasteiger partial charge in [-0.1, -0.05) is 136 Å². The van der Waals surface area contributed by atoms with Crippen LogP contribution in [0.1, 0.15) is 123 Å². The van der Waals surface area contributed by atoms with Gasteiger partial charge >= 0.3 is 27.6 Å². The summed E-state index contributed by atoms with van der Waals surface area (Å²) < 4.78 is 47.6. The number of hydrogen-bond donors (Lipinski definition) is 5. The smallest absolute Gasteiger partial charge is 0.462 e. The maximum atomic E-state index is 12.6. The van der Waals surface area contributed by atoms with E-state index in [9.17, 15) is 33.8 Å². The van der Waals surface area contributed by atoms with Crippen LogP contribution in [0.3, 0.4) is 0 Å². The van der Waals surface area contributed by atoms with Crippen LogP contribution in [0.2, 0.25) is 0 Å². The second-order valence-corrected chi connectivity index (χ2v) is 16.8. The van der Waals surface area contributed by atoms with Gasteiger partial charge in [0.1, 0.15) is 12.7 Å². The van der Waals surface area contributed by atoms with Crippen molar-refractivity contribution >= 4 is 27.6 Å². The average molecular weight is 913 g/mol. The van der Waals surface area contributed by atoms with Crippen LogP contribution in [0.4, 0.5) is 0 Å². The Labute approximate surface area is 370 Å². The van der Waals surface area contributed by atoms with E-state index in [0.717, 1.165) is 51.4 Å². The van der Waals surface area contributed by atoms with Crippen molar-refractivity contribution in [2.45, 2.75) is 141 Å². The Morgan fingerprint density at radius 2 is 1.08 bits per heavy atom. The highest BCUT2D eigenvalue weighted by Crippen LogP contribution is 2.43. The van der Waals surface area contributed by atoms with Crippen LogP contribution in [0.15, 0.2) is 109 Å². The monoisotopic (exact) mass is 912 g/mol. The molecule has 0 aliphatic carbocycles. The highest BCUT2D eigenvalue weighted by atomic mass is 31.2. The predicted molar refractivity (Wildman–Crippen MR) is 245 cm³/mol. The maximum Gasteiger partial charge on any atom is 0.472 e. The van der Waals surface area contributed by atoms with Gasteiger partial charge in [-0.3, -0.25) is 23.2 Å². The summed E-state index contributed by atoms with van der Waals surface area (Å²) in [6.45, 7) is 1.36. The lowest BCUT2D eigenvalue weighted by Crippen LogP contribution is -2.29. The summed E-state index contributed by atoms with van der Waals surface area (Å²) in [7, 11) is -9.73. The number of aliphatic hydroxyl groups is 2. The summed E-state index contributed by atoms with van der Waals surface area (Å²) in [6, 6.07) is 0. The summed E-state index contributed by atoms with van der Waals surface area (Å²) >= 11 is 0. The summed E-state index contributed by atoms with van der Waals surface area (Å²) in [5.41, 5.74) is 0. The first-order valence-electron chi connectivity index (χ1n) is 21.7. The first-order valence-corrected chi connectivity index (χ1v) is 24.7. The quantitative estimate of drug-likeness (QED) is 0.0128. The van der Waals surface area contributed by atoms with E-state index in [1.54, 1.807) is 6.08 Å². The van der Waals surface area contributed by atoms with E-state index in [-0.39, 0.29) is 12.8 Å². The van der Waals surface area contributed by atoms with E-state index in [1.807, 2.05) is 54.7 Å². The molecule has 0 aromatic carbocycles. The zero-order valence-electron chi connectivity index (χ0n) is 36.8. The number of phosphoric ester groups is 2. The molecule has 0 fully saturated rings. The van der Waals surface area contributed by atoms with Crippen molar-refractivity contribution in [2.24, 2.45) is 0 Å². The van der Waals surface area contributed by atoms with E-state index in [1.165, 1.54) is 19.3 Å². The number of allylic oxidation sites excluding steroid dienone is 16. The number of carbonyl (C=O) groups excluding carboxylic acids is 2. The van der Waals surface area contributed by atoms with Crippen molar-refractivity contribution < 1.29 is 66.7 Å². The predicted octanol–water partition coefficient (Wildman–Crippen LogP) is 10.1. The van der Waals surface area contributed by atoms with Gasteiger partial charge in [0.05, 0.1) is 25.9 Å². The van der Waals surface area contributed by atoms with Crippen LogP contribution in [-0.2, 0) is 41.8 Å². The van der Waals surface area contributed by atoms with E-state index in [0.29, 0.717) is 25.7 Å². The number of phosphoric acid groups is 2. The fraction of sp³-hybridized carbons (Fsp3) is 0.565. The lowest BCUT2D eigenvalue weighted by molar-refractivity contribution is -0.161. The van der Waals surface area contributed by atoms with Gasteiger partial charge in [-0.05, 0) is 83.5 Å². The lowest BCUT2D eigenvalue weighted by atomic mass is 10.1. The molecule has 0 rings (SSSR count).